The Morgan fingerprint density at radius 1 is 0.958 bits per heavy atom. The van der Waals surface area contributed by atoms with Gasteiger partial charge in [-0.3, -0.25) is 14.4 Å². The van der Waals surface area contributed by atoms with Crippen LogP contribution in [0.2, 0.25) is 0 Å². The molecular weight excluding hydrogens is 619 g/mol. The lowest BCUT2D eigenvalue weighted by molar-refractivity contribution is -0.137. The number of nitrogens with zero attached hydrogens (tertiary/aromatic N) is 2. The van der Waals surface area contributed by atoms with Crippen molar-refractivity contribution in [3.63, 3.8) is 0 Å². The van der Waals surface area contributed by atoms with Gasteiger partial charge in [0.25, 0.3) is 0 Å². The fourth-order valence-electron chi connectivity index (χ4n) is 8.49. The van der Waals surface area contributed by atoms with Crippen molar-refractivity contribution in [1.82, 2.24) is 25.4 Å². The standard InChI is InChI=1S/C39H55N5O3S/c1-23(2)18-32(36(46)40-7)41-35(45)26-12-15-43(16-13-26)17-14-30-31-22-33(39(5,6)38(47)44-28-8-9-29(44)11-10-28)48-37(31)42-34(30)27-20-24(3)19-25(4)21-27/h19-23,26,28-29,32,42H,8-18H2,1-7H3,(H,40,46)(H,41,45)/t28?,29?,32-/m0/s1. The highest BCUT2D eigenvalue weighted by Gasteiger charge is 2.47. The summed E-state index contributed by atoms with van der Waals surface area (Å²) in [5.41, 5.74) is 5.61. The third kappa shape index (κ3) is 6.95. The molecule has 3 aliphatic rings. The van der Waals surface area contributed by atoms with Crippen molar-refractivity contribution in [3.05, 3.63) is 45.8 Å². The first-order valence-corrected chi connectivity index (χ1v) is 19.0. The van der Waals surface area contributed by atoms with Crippen molar-refractivity contribution >= 4 is 39.3 Å². The fourth-order valence-corrected chi connectivity index (χ4v) is 9.68. The predicted octanol–water partition coefficient (Wildman–Crippen LogP) is 6.48. The van der Waals surface area contributed by atoms with Crippen molar-refractivity contribution in [2.24, 2.45) is 11.8 Å². The molecule has 3 aromatic rings. The van der Waals surface area contributed by atoms with Crippen LogP contribution in [0.4, 0.5) is 0 Å². The second-order valence-electron chi connectivity index (χ2n) is 15.7. The van der Waals surface area contributed by atoms with Gasteiger partial charge in [0.05, 0.1) is 11.1 Å². The molecule has 48 heavy (non-hydrogen) atoms. The van der Waals surface area contributed by atoms with E-state index in [-0.39, 0.29) is 23.6 Å². The Kier molecular flexibility index (Phi) is 10.1. The third-order valence-electron chi connectivity index (χ3n) is 11.2. The largest absolute Gasteiger partial charge is 0.357 e. The summed E-state index contributed by atoms with van der Waals surface area (Å²) in [5.74, 6) is 0.396. The zero-order chi connectivity index (χ0) is 34.3. The Bertz CT molecular complexity index is 1620. The van der Waals surface area contributed by atoms with Gasteiger partial charge in [-0.2, -0.15) is 0 Å². The summed E-state index contributed by atoms with van der Waals surface area (Å²) in [5, 5.41) is 6.97. The van der Waals surface area contributed by atoms with Crippen molar-refractivity contribution < 1.29 is 14.4 Å². The number of benzene rings is 1. The molecule has 3 saturated heterocycles. The van der Waals surface area contributed by atoms with E-state index in [4.69, 9.17) is 0 Å². The third-order valence-corrected chi connectivity index (χ3v) is 12.5. The van der Waals surface area contributed by atoms with E-state index in [9.17, 15) is 14.4 Å². The Morgan fingerprint density at radius 3 is 2.17 bits per heavy atom. The Morgan fingerprint density at radius 2 is 1.58 bits per heavy atom. The summed E-state index contributed by atoms with van der Waals surface area (Å²) in [6, 6.07) is 9.40. The van der Waals surface area contributed by atoms with Gasteiger partial charge in [0.1, 0.15) is 10.9 Å². The molecule has 1 aromatic carbocycles. The van der Waals surface area contributed by atoms with Crippen molar-refractivity contribution in [1.29, 1.82) is 0 Å². The van der Waals surface area contributed by atoms with Crippen LogP contribution < -0.4 is 10.6 Å². The van der Waals surface area contributed by atoms with Crippen LogP contribution in [0.15, 0.2) is 24.3 Å². The van der Waals surface area contributed by atoms with Gasteiger partial charge in [-0.1, -0.05) is 31.0 Å². The van der Waals surface area contributed by atoms with Gasteiger partial charge in [-0.15, -0.1) is 11.3 Å². The Balaban J connectivity index is 1.19. The molecule has 6 rings (SSSR count). The number of thiophene rings is 1. The molecule has 8 nitrogen and oxygen atoms in total. The molecule has 2 bridgehead atoms. The van der Waals surface area contributed by atoms with Crippen LogP contribution in [0.3, 0.4) is 0 Å². The first-order valence-electron chi connectivity index (χ1n) is 18.2. The summed E-state index contributed by atoms with van der Waals surface area (Å²) < 4.78 is 0. The van der Waals surface area contributed by atoms with Crippen molar-refractivity contribution in [2.45, 2.75) is 116 Å². The first kappa shape index (κ1) is 34.7. The lowest BCUT2D eigenvalue weighted by atomic mass is 9.88. The second-order valence-corrected chi connectivity index (χ2v) is 16.7. The van der Waals surface area contributed by atoms with Crippen LogP contribution in [-0.2, 0) is 26.2 Å². The van der Waals surface area contributed by atoms with Crippen LogP contribution in [0.1, 0.15) is 94.2 Å². The zero-order valence-electron chi connectivity index (χ0n) is 30.0. The van der Waals surface area contributed by atoms with Crippen LogP contribution in [0, 0.1) is 25.7 Å². The highest BCUT2D eigenvalue weighted by Crippen LogP contribution is 2.44. The molecule has 1 atom stereocenters. The lowest BCUT2D eigenvalue weighted by Crippen LogP contribution is -2.50. The van der Waals surface area contributed by atoms with Crippen molar-refractivity contribution in [3.8, 4) is 11.3 Å². The maximum atomic E-state index is 14.0. The molecule has 260 valence electrons. The molecular formula is C39H55N5O3S. The molecule has 3 N–H and O–H groups in total. The van der Waals surface area contributed by atoms with E-state index in [1.807, 2.05) is 0 Å². The summed E-state index contributed by atoms with van der Waals surface area (Å²) in [6.45, 7) is 15.3. The maximum Gasteiger partial charge on any atom is 0.242 e. The quantitative estimate of drug-likeness (QED) is 0.217. The molecule has 2 aromatic heterocycles. The monoisotopic (exact) mass is 673 g/mol. The predicted molar refractivity (Wildman–Crippen MR) is 195 cm³/mol. The molecule has 3 aliphatic heterocycles. The zero-order valence-corrected chi connectivity index (χ0v) is 30.8. The molecule has 3 amide bonds. The van der Waals surface area contributed by atoms with Gasteiger partial charge in [0.2, 0.25) is 17.7 Å². The van der Waals surface area contributed by atoms with E-state index in [1.54, 1.807) is 18.4 Å². The average molecular weight is 674 g/mol. The number of piperidine rings is 1. The van der Waals surface area contributed by atoms with E-state index < -0.39 is 11.5 Å². The molecule has 0 aliphatic carbocycles. The van der Waals surface area contributed by atoms with Crippen LogP contribution in [0.5, 0.6) is 0 Å². The molecule has 3 fully saturated rings. The fraction of sp³-hybridized carbons (Fsp3) is 0.615. The number of likely N-dealkylation sites (N-methyl/N-ethyl adjacent to an activating group) is 1. The van der Waals surface area contributed by atoms with Gasteiger partial charge in [0, 0.05) is 41.9 Å². The van der Waals surface area contributed by atoms with Crippen molar-refractivity contribution in [2.75, 3.05) is 26.7 Å². The number of aromatic nitrogens is 1. The number of likely N-dealkylation sites (tertiary alicyclic amines) is 1. The maximum absolute atomic E-state index is 14.0. The molecule has 0 unspecified atom stereocenters. The van der Waals surface area contributed by atoms with E-state index in [1.165, 1.54) is 33.3 Å². The number of fused-ring (bicyclic) bond motifs is 3. The molecule has 5 heterocycles. The number of H-pyrrole nitrogens is 1. The van der Waals surface area contributed by atoms with E-state index in [0.717, 1.165) is 74.3 Å². The molecule has 0 saturated carbocycles. The highest BCUT2D eigenvalue weighted by molar-refractivity contribution is 7.19. The van der Waals surface area contributed by atoms with Crippen LogP contribution in [-0.4, -0.2) is 77.3 Å². The Hall–Kier alpha value is -3.17. The van der Waals surface area contributed by atoms with E-state index in [0.29, 0.717) is 24.4 Å². The summed E-state index contributed by atoms with van der Waals surface area (Å²) in [6.07, 6.45) is 7.70. The van der Waals surface area contributed by atoms with E-state index in [2.05, 4.69) is 91.2 Å². The minimum atomic E-state index is -0.568. The van der Waals surface area contributed by atoms with Gasteiger partial charge < -0.3 is 25.4 Å². The normalized spacial score (nSPS) is 21.0. The SMILES string of the molecule is CNC(=O)[C@H](CC(C)C)NC(=O)C1CCN(CCc2c(-c3cc(C)cc(C)c3)[nH]c3sc(C(C)(C)C(=O)N4C5CCC4CC5)cc23)CC1. The molecule has 0 spiro atoms. The Labute approximate surface area is 290 Å². The molecule has 9 heteroatoms. The number of carbonyl (C=O) groups is 3. The number of hydrogen-bond donors (Lipinski definition) is 3. The lowest BCUT2D eigenvalue weighted by Gasteiger charge is -2.32. The first-order chi connectivity index (χ1) is 22.8. The van der Waals surface area contributed by atoms with Gasteiger partial charge in [0.15, 0.2) is 0 Å². The number of nitrogens with one attached hydrogen (secondary N) is 3. The molecule has 0 radical (unpaired) electrons. The van der Waals surface area contributed by atoms with Gasteiger partial charge in [-0.25, -0.2) is 0 Å². The van der Waals surface area contributed by atoms with Crippen LogP contribution >= 0.6 is 11.3 Å². The minimum absolute atomic E-state index is 0.00162. The summed E-state index contributed by atoms with van der Waals surface area (Å²) >= 11 is 1.74. The number of carbonyl (C=O) groups excluding carboxylic acids is 3. The summed E-state index contributed by atoms with van der Waals surface area (Å²) in [7, 11) is 1.62. The number of hydrogen-bond acceptors (Lipinski definition) is 5. The van der Waals surface area contributed by atoms with Crippen LogP contribution in [0.25, 0.3) is 21.5 Å². The van der Waals surface area contributed by atoms with E-state index >= 15 is 0 Å². The minimum Gasteiger partial charge on any atom is -0.357 e. The van der Waals surface area contributed by atoms with Gasteiger partial charge in [-0.05, 0) is 127 Å². The highest BCUT2D eigenvalue weighted by atomic mass is 32.1. The van der Waals surface area contributed by atoms with Gasteiger partial charge >= 0.3 is 0 Å². The smallest absolute Gasteiger partial charge is 0.242 e. The number of rotatable bonds is 11. The number of aryl methyl sites for hydroxylation is 2. The average Bonchev–Trinajstić information content (AvgIpc) is 3.83. The summed E-state index contributed by atoms with van der Waals surface area (Å²) in [4.78, 5) is 50.4. The number of aromatic amines is 1. The number of amides is 3. The second kappa shape index (κ2) is 14.0. The topological polar surface area (TPSA) is 97.5 Å².